The summed E-state index contributed by atoms with van der Waals surface area (Å²) in [6.45, 7) is 3.26. The van der Waals surface area contributed by atoms with Gasteiger partial charge in [0.15, 0.2) is 6.61 Å². The zero-order valence-electron chi connectivity index (χ0n) is 13.1. The Hall–Kier alpha value is -2.04. The molecule has 22 heavy (non-hydrogen) atoms. The molecule has 1 amide bonds. The number of carbonyl (C=O) groups excluding carboxylic acids is 1. The zero-order chi connectivity index (χ0) is 16.1. The summed E-state index contributed by atoms with van der Waals surface area (Å²) in [5.74, 6) is -0.544. The van der Waals surface area contributed by atoms with Crippen LogP contribution in [0.1, 0.15) is 53.6 Å². The fourth-order valence-corrected chi connectivity index (χ4v) is 2.96. The minimum Gasteiger partial charge on any atom is -0.481 e. The highest BCUT2D eigenvalue weighted by molar-refractivity contribution is 5.95. The van der Waals surface area contributed by atoms with Gasteiger partial charge >= 0.3 is 5.97 Å². The van der Waals surface area contributed by atoms with Crippen molar-refractivity contribution in [1.82, 2.24) is 5.32 Å². The van der Waals surface area contributed by atoms with E-state index in [0.29, 0.717) is 11.3 Å². The predicted molar refractivity (Wildman–Crippen MR) is 83.4 cm³/mol. The van der Waals surface area contributed by atoms with Crippen LogP contribution in [-0.4, -0.2) is 29.6 Å². The number of hydrogen-bond donors (Lipinski definition) is 2. The van der Waals surface area contributed by atoms with Gasteiger partial charge in [-0.2, -0.15) is 0 Å². The number of hydrogen-bond acceptors (Lipinski definition) is 3. The Kier molecular flexibility index (Phi) is 5.41. The molecule has 2 N–H and O–H groups in total. The van der Waals surface area contributed by atoms with Crippen molar-refractivity contribution in [2.75, 3.05) is 6.61 Å². The van der Waals surface area contributed by atoms with Crippen LogP contribution in [0.15, 0.2) is 12.1 Å². The molecule has 1 aliphatic rings. The summed E-state index contributed by atoms with van der Waals surface area (Å²) in [4.78, 5) is 23.0. The lowest BCUT2D eigenvalue weighted by molar-refractivity contribution is -0.139. The van der Waals surface area contributed by atoms with Crippen LogP contribution in [0.4, 0.5) is 0 Å². The van der Waals surface area contributed by atoms with Gasteiger partial charge < -0.3 is 15.2 Å². The summed E-state index contributed by atoms with van der Waals surface area (Å²) in [6, 6.07) is 3.77. The summed E-state index contributed by atoms with van der Waals surface area (Å²) in [7, 11) is 0. The lowest BCUT2D eigenvalue weighted by Crippen LogP contribution is -2.36. The van der Waals surface area contributed by atoms with Crippen LogP contribution in [0.5, 0.6) is 5.75 Å². The van der Waals surface area contributed by atoms with Gasteiger partial charge in [0, 0.05) is 11.6 Å². The Labute approximate surface area is 130 Å². The molecule has 0 radical (unpaired) electrons. The first-order valence-corrected chi connectivity index (χ1v) is 7.74. The highest BCUT2D eigenvalue weighted by Gasteiger charge is 2.18. The number of carbonyl (C=O) groups is 2. The molecule has 0 atom stereocenters. The van der Waals surface area contributed by atoms with Gasteiger partial charge in [-0.3, -0.25) is 4.79 Å². The second kappa shape index (κ2) is 7.29. The average Bonchev–Trinajstić information content (AvgIpc) is 2.47. The van der Waals surface area contributed by atoms with Crippen LogP contribution in [-0.2, 0) is 4.79 Å². The summed E-state index contributed by atoms with van der Waals surface area (Å²) < 4.78 is 5.28. The Bertz CT molecular complexity index is 539. The lowest BCUT2D eigenvalue weighted by atomic mass is 9.95. The fourth-order valence-electron chi connectivity index (χ4n) is 2.96. The highest BCUT2D eigenvalue weighted by Crippen LogP contribution is 2.25. The molecule has 0 heterocycles. The number of amides is 1. The van der Waals surface area contributed by atoms with E-state index in [-0.39, 0.29) is 18.6 Å². The summed E-state index contributed by atoms with van der Waals surface area (Å²) in [5.41, 5.74) is 2.15. The average molecular weight is 305 g/mol. The highest BCUT2D eigenvalue weighted by atomic mass is 16.5. The van der Waals surface area contributed by atoms with Gasteiger partial charge in [0.1, 0.15) is 5.75 Å². The van der Waals surface area contributed by atoms with Crippen molar-refractivity contribution >= 4 is 11.9 Å². The normalized spacial score (nSPS) is 15.4. The van der Waals surface area contributed by atoms with E-state index in [2.05, 4.69) is 5.32 Å². The molecular weight excluding hydrogens is 282 g/mol. The maximum Gasteiger partial charge on any atom is 0.341 e. The summed E-state index contributed by atoms with van der Waals surface area (Å²) in [5, 5.41) is 11.8. The van der Waals surface area contributed by atoms with Crippen LogP contribution < -0.4 is 10.1 Å². The van der Waals surface area contributed by atoms with Crippen LogP contribution in [0, 0.1) is 13.8 Å². The number of benzene rings is 1. The van der Waals surface area contributed by atoms with Crippen molar-refractivity contribution in [3.05, 3.63) is 28.8 Å². The minimum absolute atomic E-state index is 0.0668. The molecule has 120 valence electrons. The fraction of sp³-hybridized carbons (Fsp3) is 0.529. The molecule has 0 spiro atoms. The smallest absolute Gasteiger partial charge is 0.341 e. The first kappa shape index (κ1) is 16.3. The van der Waals surface area contributed by atoms with E-state index in [1.165, 1.54) is 19.3 Å². The van der Waals surface area contributed by atoms with Crippen LogP contribution in [0.25, 0.3) is 0 Å². The number of aliphatic carboxylic acids is 1. The number of rotatable bonds is 5. The van der Waals surface area contributed by atoms with Crippen LogP contribution >= 0.6 is 0 Å². The van der Waals surface area contributed by atoms with Gasteiger partial charge in [0.25, 0.3) is 5.91 Å². The van der Waals surface area contributed by atoms with E-state index in [1.807, 2.05) is 13.8 Å². The zero-order valence-corrected chi connectivity index (χ0v) is 13.1. The Balaban J connectivity index is 2.07. The van der Waals surface area contributed by atoms with Crippen molar-refractivity contribution in [1.29, 1.82) is 0 Å². The SMILES string of the molecule is Cc1cc(C(=O)NC2CCCCC2)cc(C)c1OCC(=O)O. The molecule has 1 aromatic rings. The van der Waals surface area contributed by atoms with E-state index in [1.54, 1.807) is 12.1 Å². The van der Waals surface area contributed by atoms with E-state index < -0.39 is 5.97 Å². The second-order valence-corrected chi connectivity index (χ2v) is 5.93. The van der Waals surface area contributed by atoms with Crippen molar-refractivity contribution in [3.63, 3.8) is 0 Å². The molecule has 1 aromatic carbocycles. The Morgan fingerprint density at radius 2 is 1.77 bits per heavy atom. The van der Waals surface area contributed by atoms with Crippen molar-refractivity contribution in [3.8, 4) is 5.75 Å². The molecule has 0 unspecified atom stereocenters. The minimum atomic E-state index is -1.02. The van der Waals surface area contributed by atoms with Crippen molar-refractivity contribution in [2.24, 2.45) is 0 Å². The first-order chi connectivity index (χ1) is 10.5. The van der Waals surface area contributed by atoms with Gasteiger partial charge in [0.05, 0.1) is 0 Å². The third kappa shape index (κ3) is 4.23. The van der Waals surface area contributed by atoms with Gasteiger partial charge in [-0.15, -0.1) is 0 Å². The molecule has 5 heteroatoms. The van der Waals surface area contributed by atoms with Gasteiger partial charge in [-0.1, -0.05) is 19.3 Å². The van der Waals surface area contributed by atoms with E-state index in [4.69, 9.17) is 9.84 Å². The quantitative estimate of drug-likeness (QED) is 0.877. The number of aryl methyl sites for hydroxylation is 2. The number of nitrogens with one attached hydrogen (secondary N) is 1. The van der Waals surface area contributed by atoms with Crippen LogP contribution in [0.3, 0.4) is 0 Å². The molecule has 0 bridgehead atoms. The van der Waals surface area contributed by atoms with Gasteiger partial charge in [0.2, 0.25) is 0 Å². The third-order valence-electron chi connectivity index (χ3n) is 4.00. The monoisotopic (exact) mass is 305 g/mol. The largest absolute Gasteiger partial charge is 0.481 e. The molecule has 1 saturated carbocycles. The van der Waals surface area contributed by atoms with Crippen molar-refractivity contribution < 1.29 is 19.4 Å². The molecule has 0 aromatic heterocycles. The standard InChI is InChI=1S/C17H23NO4/c1-11-8-13(9-12(2)16(11)22-10-15(19)20)17(21)18-14-6-4-3-5-7-14/h8-9,14H,3-7,10H2,1-2H3,(H,18,21)(H,19,20). The Morgan fingerprint density at radius 3 is 2.32 bits per heavy atom. The van der Waals surface area contributed by atoms with E-state index in [0.717, 1.165) is 24.0 Å². The van der Waals surface area contributed by atoms with E-state index in [9.17, 15) is 9.59 Å². The topological polar surface area (TPSA) is 75.6 Å². The molecule has 5 nitrogen and oxygen atoms in total. The first-order valence-electron chi connectivity index (χ1n) is 7.74. The maximum atomic E-state index is 12.3. The number of carboxylic acids is 1. The van der Waals surface area contributed by atoms with Gasteiger partial charge in [-0.05, 0) is 49.9 Å². The van der Waals surface area contributed by atoms with E-state index >= 15 is 0 Å². The summed E-state index contributed by atoms with van der Waals surface area (Å²) >= 11 is 0. The van der Waals surface area contributed by atoms with Crippen LogP contribution in [0.2, 0.25) is 0 Å². The number of ether oxygens (including phenoxy) is 1. The second-order valence-electron chi connectivity index (χ2n) is 5.93. The third-order valence-corrected chi connectivity index (χ3v) is 4.00. The number of carboxylic acid groups (broad SMARTS) is 1. The molecule has 0 saturated heterocycles. The maximum absolute atomic E-state index is 12.3. The molecule has 0 aliphatic heterocycles. The molecule has 1 fully saturated rings. The lowest BCUT2D eigenvalue weighted by Gasteiger charge is -2.23. The van der Waals surface area contributed by atoms with Gasteiger partial charge in [-0.25, -0.2) is 4.79 Å². The molecule has 1 aliphatic carbocycles. The predicted octanol–water partition coefficient (Wildman–Crippen LogP) is 2.83. The molecular formula is C17H23NO4. The van der Waals surface area contributed by atoms with Crippen molar-refractivity contribution in [2.45, 2.75) is 52.0 Å². The summed E-state index contributed by atoms with van der Waals surface area (Å²) in [6.07, 6.45) is 5.68. The molecule has 2 rings (SSSR count). The Morgan fingerprint density at radius 1 is 1.18 bits per heavy atom.